The summed E-state index contributed by atoms with van der Waals surface area (Å²) in [6.45, 7) is 2.62. The minimum atomic E-state index is -0.771. The van der Waals surface area contributed by atoms with Gasteiger partial charge in [0.25, 0.3) is 0 Å². The zero-order chi connectivity index (χ0) is 22.8. The molecular weight excluding hydrogens is 404 g/mol. The van der Waals surface area contributed by atoms with E-state index < -0.39 is 6.10 Å². The molecular formula is C26H32N2O4. The summed E-state index contributed by atoms with van der Waals surface area (Å²) >= 11 is 0. The van der Waals surface area contributed by atoms with Gasteiger partial charge in [-0.25, -0.2) is 4.98 Å². The second-order valence-electron chi connectivity index (χ2n) is 7.83. The number of nitrogens with zero attached hydrogens (tertiary/aromatic N) is 1. The van der Waals surface area contributed by atoms with E-state index in [9.17, 15) is 10.2 Å². The van der Waals surface area contributed by atoms with Crippen LogP contribution in [0, 0.1) is 0 Å². The molecule has 0 aliphatic heterocycles. The van der Waals surface area contributed by atoms with Crippen LogP contribution in [0.3, 0.4) is 0 Å². The minimum Gasteiger partial charge on any atom is -0.497 e. The number of hydrogen-bond donors (Lipinski definition) is 3. The van der Waals surface area contributed by atoms with E-state index in [-0.39, 0.29) is 12.6 Å². The van der Waals surface area contributed by atoms with Crippen molar-refractivity contribution in [3.8, 4) is 11.5 Å². The molecule has 0 saturated heterocycles. The van der Waals surface area contributed by atoms with Crippen LogP contribution in [0.5, 0.6) is 11.5 Å². The lowest BCUT2D eigenvalue weighted by Crippen LogP contribution is -2.31. The Balaban J connectivity index is 1.48. The Labute approximate surface area is 189 Å². The van der Waals surface area contributed by atoms with E-state index in [1.165, 1.54) is 5.56 Å². The summed E-state index contributed by atoms with van der Waals surface area (Å²) in [5, 5.41) is 23.6. The largest absolute Gasteiger partial charge is 0.497 e. The van der Waals surface area contributed by atoms with E-state index in [1.807, 2.05) is 42.5 Å². The highest BCUT2D eigenvalue weighted by molar-refractivity contribution is 5.30. The highest BCUT2D eigenvalue weighted by Gasteiger charge is 2.14. The second kappa shape index (κ2) is 12.2. The van der Waals surface area contributed by atoms with Crippen molar-refractivity contribution >= 4 is 0 Å². The van der Waals surface area contributed by atoms with Crippen molar-refractivity contribution in [2.24, 2.45) is 0 Å². The number of aliphatic hydroxyl groups excluding tert-OH is 2. The van der Waals surface area contributed by atoms with Gasteiger partial charge in [-0.1, -0.05) is 42.5 Å². The van der Waals surface area contributed by atoms with E-state index in [2.05, 4.69) is 29.4 Å². The lowest BCUT2D eigenvalue weighted by atomic mass is 10.1. The Kier molecular flexibility index (Phi) is 9.04. The predicted molar refractivity (Wildman–Crippen MR) is 125 cm³/mol. The lowest BCUT2D eigenvalue weighted by Gasteiger charge is -2.18. The second-order valence-corrected chi connectivity index (χ2v) is 7.83. The van der Waals surface area contributed by atoms with Crippen LogP contribution in [-0.2, 0) is 19.6 Å². The molecule has 0 aliphatic carbocycles. The van der Waals surface area contributed by atoms with Crippen molar-refractivity contribution in [3.63, 3.8) is 0 Å². The van der Waals surface area contributed by atoms with E-state index in [1.54, 1.807) is 19.2 Å². The summed E-state index contributed by atoms with van der Waals surface area (Å²) in [6.07, 6.45) is 1.11. The molecule has 0 aliphatic rings. The fourth-order valence-electron chi connectivity index (χ4n) is 3.37. The van der Waals surface area contributed by atoms with Crippen LogP contribution in [0.15, 0.2) is 66.7 Å². The highest BCUT2D eigenvalue weighted by atomic mass is 16.5. The molecule has 3 rings (SSSR count). The summed E-state index contributed by atoms with van der Waals surface area (Å²) in [4.78, 5) is 4.41. The molecule has 0 fully saturated rings. The minimum absolute atomic E-state index is 0.234. The van der Waals surface area contributed by atoms with Gasteiger partial charge in [0.15, 0.2) is 0 Å². The van der Waals surface area contributed by atoms with E-state index in [4.69, 9.17) is 9.47 Å². The molecule has 0 saturated carbocycles. The quantitative estimate of drug-likeness (QED) is 0.401. The Hall–Kier alpha value is -2.93. The molecule has 2 aromatic carbocycles. The molecule has 3 aromatic rings. The van der Waals surface area contributed by atoms with Gasteiger partial charge < -0.3 is 25.0 Å². The van der Waals surface area contributed by atoms with Gasteiger partial charge in [0, 0.05) is 12.6 Å². The molecule has 2 atom stereocenters. The smallest absolute Gasteiger partial charge is 0.143 e. The topological polar surface area (TPSA) is 83.8 Å². The van der Waals surface area contributed by atoms with Gasteiger partial charge in [-0.2, -0.15) is 0 Å². The van der Waals surface area contributed by atoms with Gasteiger partial charge in [-0.15, -0.1) is 0 Å². The van der Waals surface area contributed by atoms with Crippen LogP contribution in [0.1, 0.15) is 42.0 Å². The number of aryl methyl sites for hydroxylation is 1. The van der Waals surface area contributed by atoms with E-state index in [0.717, 1.165) is 24.2 Å². The molecule has 2 unspecified atom stereocenters. The number of nitrogens with one attached hydrogen (secondary N) is 1. The van der Waals surface area contributed by atoms with Gasteiger partial charge in [-0.05, 0) is 55.2 Å². The SMILES string of the molecule is COc1ccc(CCC(C)NCC(O)c2ccc(OCc3ccccc3)c(CO)n2)cc1. The summed E-state index contributed by atoms with van der Waals surface area (Å²) in [7, 11) is 1.66. The zero-order valence-electron chi connectivity index (χ0n) is 18.7. The number of hydrogen-bond acceptors (Lipinski definition) is 6. The fourth-order valence-corrected chi connectivity index (χ4v) is 3.37. The monoisotopic (exact) mass is 436 g/mol. The first-order valence-electron chi connectivity index (χ1n) is 10.9. The molecule has 0 amide bonds. The van der Waals surface area contributed by atoms with Crippen molar-refractivity contribution in [2.45, 2.75) is 45.1 Å². The molecule has 32 heavy (non-hydrogen) atoms. The maximum atomic E-state index is 10.6. The highest BCUT2D eigenvalue weighted by Crippen LogP contribution is 2.22. The molecule has 0 radical (unpaired) electrons. The predicted octanol–water partition coefficient (Wildman–Crippen LogP) is 3.81. The summed E-state index contributed by atoms with van der Waals surface area (Å²) < 4.78 is 11.0. The average Bonchev–Trinajstić information content (AvgIpc) is 2.85. The molecule has 1 aromatic heterocycles. The Morgan fingerprint density at radius 2 is 1.72 bits per heavy atom. The summed E-state index contributed by atoms with van der Waals surface area (Å²) in [6, 6.07) is 21.6. The molecule has 3 N–H and O–H groups in total. The van der Waals surface area contributed by atoms with E-state index >= 15 is 0 Å². The number of benzene rings is 2. The molecule has 6 heteroatoms. The van der Waals surface area contributed by atoms with E-state index in [0.29, 0.717) is 30.3 Å². The molecule has 0 spiro atoms. The number of rotatable bonds is 12. The lowest BCUT2D eigenvalue weighted by molar-refractivity contribution is 0.164. The summed E-state index contributed by atoms with van der Waals surface area (Å²) in [5.74, 6) is 1.38. The Morgan fingerprint density at radius 3 is 2.41 bits per heavy atom. The van der Waals surface area contributed by atoms with Crippen molar-refractivity contribution in [2.75, 3.05) is 13.7 Å². The van der Waals surface area contributed by atoms with Gasteiger partial charge in [0.05, 0.1) is 19.4 Å². The van der Waals surface area contributed by atoms with Gasteiger partial charge in [0.2, 0.25) is 0 Å². The van der Waals surface area contributed by atoms with Gasteiger partial charge >= 0.3 is 0 Å². The number of aromatic nitrogens is 1. The first-order chi connectivity index (χ1) is 15.6. The third kappa shape index (κ3) is 7.05. The summed E-state index contributed by atoms with van der Waals surface area (Å²) in [5.41, 5.74) is 3.22. The average molecular weight is 437 g/mol. The molecule has 170 valence electrons. The maximum absolute atomic E-state index is 10.6. The first kappa shape index (κ1) is 23.7. The van der Waals surface area contributed by atoms with Crippen LogP contribution in [-0.4, -0.2) is 34.9 Å². The third-order valence-corrected chi connectivity index (χ3v) is 5.37. The number of pyridine rings is 1. The van der Waals surface area contributed by atoms with Gasteiger partial charge in [-0.3, -0.25) is 0 Å². The normalized spacial score (nSPS) is 12.9. The van der Waals surface area contributed by atoms with Gasteiger partial charge in [0.1, 0.15) is 29.9 Å². The van der Waals surface area contributed by atoms with Crippen molar-refractivity contribution < 1.29 is 19.7 Å². The van der Waals surface area contributed by atoms with Crippen LogP contribution in [0.2, 0.25) is 0 Å². The van der Waals surface area contributed by atoms with Crippen molar-refractivity contribution in [1.82, 2.24) is 10.3 Å². The van der Waals surface area contributed by atoms with Crippen LogP contribution < -0.4 is 14.8 Å². The zero-order valence-corrected chi connectivity index (χ0v) is 18.7. The van der Waals surface area contributed by atoms with Crippen LogP contribution in [0.25, 0.3) is 0 Å². The Morgan fingerprint density at radius 1 is 0.969 bits per heavy atom. The number of aliphatic hydroxyl groups is 2. The Bertz CT molecular complexity index is 948. The fraction of sp³-hybridized carbons (Fsp3) is 0.346. The maximum Gasteiger partial charge on any atom is 0.143 e. The number of ether oxygens (including phenoxy) is 2. The first-order valence-corrected chi connectivity index (χ1v) is 10.9. The van der Waals surface area contributed by atoms with Crippen molar-refractivity contribution in [1.29, 1.82) is 0 Å². The van der Waals surface area contributed by atoms with Crippen LogP contribution >= 0.6 is 0 Å². The standard InChI is InChI=1S/C26H32N2O4/c1-19(8-9-20-10-12-22(31-2)13-11-20)27-16-25(30)23-14-15-26(24(17-29)28-23)32-18-21-6-4-3-5-7-21/h3-7,10-15,19,25,27,29-30H,8-9,16-18H2,1-2H3. The van der Waals surface area contributed by atoms with Crippen LogP contribution in [0.4, 0.5) is 0 Å². The molecule has 0 bridgehead atoms. The molecule has 1 heterocycles. The van der Waals surface area contributed by atoms with Crippen molar-refractivity contribution in [3.05, 3.63) is 89.2 Å². The third-order valence-electron chi connectivity index (χ3n) is 5.37. The number of methoxy groups -OCH3 is 1. The molecule has 6 nitrogen and oxygen atoms in total.